The minimum absolute atomic E-state index is 0.562. The molecule has 0 amide bonds. The second-order valence-corrected chi connectivity index (χ2v) is 6.06. The van der Waals surface area contributed by atoms with E-state index in [1.165, 1.54) is 4.70 Å². The molecule has 0 fully saturated rings. The zero-order valence-corrected chi connectivity index (χ0v) is 12.7. The molecule has 2 aromatic heterocycles. The van der Waals surface area contributed by atoms with Crippen LogP contribution >= 0.6 is 22.9 Å². The van der Waals surface area contributed by atoms with Crippen LogP contribution in [0.4, 0.5) is 0 Å². The van der Waals surface area contributed by atoms with E-state index in [4.69, 9.17) is 16.6 Å². The van der Waals surface area contributed by atoms with Crippen molar-refractivity contribution in [1.29, 1.82) is 0 Å². The van der Waals surface area contributed by atoms with Gasteiger partial charge in [0.25, 0.3) is 0 Å². The summed E-state index contributed by atoms with van der Waals surface area (Å²) in [4.78, 5) is 9.05. The lowest BCUT2D eigenvalue weighted by atomic mass is 10.2. The molecule has 0 bridgehead atoms. The highest BCUT2D eigenvalue weighted by Crippen LogP contribution is 2.26. The van der Waals surface area contributed by atoms with E-state index in [1.54, 1.807) is 11.3 Å². The van der Waals surface area contributed by atoms with Gasteiger partial charge in [-0.1, -0.05) is 12.1 Å². The van der Waals surface area contributed by atoms with Crippen LogP contribution in [0, 0.1) is 0 Å². The molecular weight excluding hydrogens is 302 g/mol. The average Bonchev–Trinajstić information content (AvgIpc) is 3.10. The normalized spacial score (nSPS) is 11.5. The maximum Gasteiger partial charge on any atom is 0.115 e. The van der Waals surface area contributed by atoms with Crippen molar-refractivity contribution in [3.63, 3.8) is 0 Å². The molecule has 104 valence electrons. The van der Waals surface area contributed by atoms with Gasteiger partial charge in [0, 0.05) is 18.0 Å². The van der Waals surface area contributed by atoms with Crippen molar-refractivity contribution in [2.75, 3.05) is 5.88 Å². The largest absolute Gasteiger partial charge is 0.296 e. The third kappa shape index (κ3) is 2.11. The fourth-order valence-electron chi connectivity index (χ4n) is 2.60. The van der Waals surface area contributed by atoms with Gasteiger partial charge < -0.3 is 0 Å². The van der Waals surface area contributed by atoms with Crippen LogP contribution in [0.5, 0.6) is 0 Å². The Morgan fingerprint density at radius 2 is 2.00 bits per heavy atom. The van der Waals surface area contributed by atoms with Crippen molar-refractivity contribution in [3.05, 3.63) is 53.8 Å². The lowest BCUT2D eigenvalue weighted by Crippen LogP contribution is -2.02. The van der Waals surface area contributed by atoms with Crippen molar-refractivity contribution in [2.24, 2.45) is 0 Å². The summed E-state index contributed by atoms with van der Waals surface area (Å²) in [5.74, 6) is 1.56. The molecule has 0 spiro atoms. The first-order chi connectivity index (χ1) is 10.4. The van der Waals surface area contributed by atoms with Gasteiger partial charge in [-0.25, -0.2) is 9.97 Å². The van der Waals surface area contributed by atoms with E-state index >= 15 is 0 Å². The Kier molecular flexibility index (Phi) is 3.13. The summed E-state index contributed by atoms with van der Waals surface area (Å²) in [5.41, 5.74) is 6.14. The van der Waals surface area contributed by atoms with Crippen molar-refractivity contribution in [1.82, 2.24) is 14.5 Å². The molecule has 0 unspecified atom stereocenters. The molecular formula is C16H12ClN3S. The van der Waals surface area contributed by atoms with Crippen LogP contribution in [0.15, 0.2) is 48.0 Å². The number of thiazole rings is 1. The molecule has 3 nitrogen and oxygen atoms in total. The zero-order valence-electron chi connectivity index (χ0n) is 11.2. The Balaban J connectivity index is 2.00. The predicted octanol–water partition coefficient (Wildman–Crippen LogP) is 4.42. The number of para-hydroxylation sites is 2. The van der Waals surface area contributed by atoms with E-state index in [9.17, 15) is 0 Å². The summed E-state index contributed by atoms with van der Waals surface area (Å²) in [7, 11) is 0. The number of halogens is 1. The SMILES string of the molecule is ClCCc1nc2ccccc2n1-c1ccc2ncsc2c1. The third-order valence-corrected chi connectivity index (χ3v) is 4.50. The highest BCUT2D eigenvalue weighted by molar-refractivity contribution is 7.16. The Bertz CT molecular complexity index is 925. The van der Waals surface area contributed by atoms with E-state index in [0.717, 1.165) is 34.5 Å². The number of rotatable bonds is 3. The summed E-state index contributed by atoms with van der Waals surface area (Å²) in [6, 6.07) is 14.5. The van der Waals surface area contributed by atoms with E-state index in [1.807, 2.05) is 23.7 Å². The molecule has 0 saturated heterocycles. The first-order valence-electron chi connectivity index (χ1n) is 6.73. The Hall–Kier alpha value is -1.91. The molecule has 2 heterocycles. The second-order valence-electron chi connectivity index (χ2n) is 4.80. The van der Waals surface area contributed by atoms with Crippen molar-refractivity contribution in [2.45, 2.75) is 6.42 Å². The van der Waals surface area contributed by atoms with Crippen LogP contribution in [-0.2, 0) is 6.42 Å². The van der Waals surface area contributed by atoms with E-state index in [0.29, 0.717) is 5.88 Å². The predicted molar refractivity (Wildman–Crippen MR) is 88.7 cm³/mol. The minimum Gasteiger partial charge on any atom is -0.296 e. The van der Waals surface area contributed by atoms with Gasteiger partial charge in [0.05, 0.1) is 26.8 Å². The van der Waals surface area contributed by atoms with Crippen molar-refractivity contribution >= 4 is 44.2 Å². The van der Waals surface area contributed by atoms with Gasteiger partial charge in [-0.05, 0) is 30.3 Å². The van der Waals surface area contributed by atoms with Gasteiger partial charge in [-0.3, -0.25) is 4.57 Å². The topological polar surface area (TPSA) is 30.7 Å². The second kappa shape index (κ2) is 5.13. The molecule has 21 heavy (non-hydrogen) atoms. The number of nitrogens with zero attached hydrogens (tertiary/aromatic N) is 3. The molecule has 0 aliphatic rings. The van der Waals surface area contributed by atoms with Crippen LogP contribution < -0.4 is 0 Å². The summed E-state index contributed by atoms with van der Waals surface area (Å²) in [5, 5.41) is 0. The lowest BCUT2D eigenvalue weighted by Gasteiger charge is -2.08. The molecule has 0 atom stereocenters. The average molecular weight is 314 g/mol. The van der Waals surface area contributed by atoms with Crippen LogP contribution in [-0.4, -0.2) is 20.4 Å². The first kappa shape index (κ1) is 12.8. The summed E-state index contributed by atoms with van der Waals surface area (Å²) in [6.45, 7) is 0. The number of imidazole rings is 1. The Morgan fingerprint density at radius 3 is 2.90 bits per heavy atom. The molecule has 4 aromatic rings. The Labute approximate surface area is 130 Å². The van der Waals surface area contributed by atoms with E-state index in [2.05, 4.69) is 33.8 Å². The number of fused-ring (bicyclic) bond motifs is 2. The summed E-state index contributed by atoms with van der Waals surface area (Å²) < 4.78 is 3.37. The summed E-state index contributed by atoms with van der Waals surface area (Å²) >= 11 is 7.59. The van der Waals surface area contributed by atoms with Gasteiger partial charge in [0.15, 0.2) is 0 Å². The maximum atomic E-state index is 5.94. The van der Waals surface area contributed by atoms with Gasteiger partial charge in [0.2, 0.25) is 0 Å². The van der Waals surface area contributed by atoms with Gasteiger partial charge >= 0.3 is 0 Å². The molecule has 0 N–H and O–H groups in total. The fourth-order valence-corrected chi connectivity index (χ4v) is 3.48. The smallest absolute Gasteiger partial charge is 0.115 e. The van der Waals surface area contributed by atoms with Crippen molar-refractivity contribution < 1.29 is 0 Å². The van der Waals surface area contributed by atoms with Crippen LogP contribution in [0.2, 0.25) is 0 Å². The number of benzene rings is 2. The van der Waals surface area contributed by atoms with E-state index < -0.39 is 0 Å². The Morgan fingerprint density at radius 1 is 1.10 bits per heavy atom. The minimum atomic E-state index is 0.562. The number of hydrogen-bond acceptors (Lipinski definition) is 3. The number of aromatic nitrogens is 3. The van der Waals surface area contributed by atoms with E-state index in [-0.39, 0.29) is 0 Å². The number of alkyl halides is 1. The zero-order chi connectivity index (χ0) is 14.2. The van der Waals surface area contributed by atoms with Gasteiger partial charge in [-0.15, -0.1) is 22.9 Å². The molecule has 2 aromatic carbocycles. The lowest BCUT2D eigenvalue weighted by molar-refractivity contribution is 0.913. The fraction of sp³-hybridized carbons (Fsp3) is 0.125. The standard InChI is InChI=1S/C16H12ClN3S/c17-8-7-16-19-12-3-1-2-4-14(12)20(16)11-5-6-13-15(9-11)21-10-18-13/h1-6,9-10H,7-8H2. The van der Waals surface area contributed by atoms with Crippen molar-refractivity contribution in [3.8, 4) is 5.69 Å². The molecule has 0 aliphatic carbocycles. The van der Waals surface area contributed by atoms with Gasteiger partial charge in [-0.2, -0.15) is 0 Å². The molecule has 5 heteroatoms. The molecule has 0 aliphatic heterocycles. The summed E-state index contributed by atoms with van der Waals surface area (Å²) in [6.07, 6.45) is 0.747. The number of hydrogen-bond donors (Lipinski definition) is 0. The highest BCUT2D eigenvalue weighted by atomic mass is 35.5. The molecule has 0 radical (unpaired) electrons. The quantitative estimate of drug-likeness (QED) is 0.524. The van der Waals surface area contributed by atoms with Crippen LogP contribution in [0.1, 0.15) is 5.82 Å². The maximum absolute atomic E-state index is 5.94. The monoisotopic (exact) mass is 313 g/mol. The van der Waals surface area contributed by atoms with Crippen LogP contribution in [0.25, 0.3) is 26.9 Å². The highest BCUT2D eigenvalue weighted by Gasteiger charge is 2.12. The third-order valence-electron chi connectivity index (χ3n) is 3.52. The molecule has 4 rings (SSSR count). The number of aryl methyl sites for hydroxylation is 1. The molecule has 0 saturated carbocycles. The first-order valence-corrected chi connectivity index (χ1v) is 8.14. The van der Waals surface area contributed by atoms with Gasteiger partial charge in [0.1, 0.15) is 5.82 Å². The van der Waals surface area contributed by atoms with Crippen LogP contribution in [0.3, 0.4) is 0 Å².